The zero-order valence-corrected chi connectivity index (χ0v) is 15.6. The molecule has 3 nitrogen and oxygen atoms in total. The summed E-state index contributed by atoms with van der Waals surface area (Å²) in [7, 11) is 0. The Labute approximate surface area is 152 Å². The number of aliphatic imine (C=N–C) groups is 1. The van der Waals surface area contributed by atoms with Crippen molar-refractivity contribution < 1.29 is 9.18 Å². The minimum atomic E-state index is -0.742. The summed E-state index contributed by atoms with van der Waals surface area (Å²) in [4.78, 5) is 17.0. The van der Waals surface area contributed by atoms with Gasteiger partial charge in [-0.15, -0.1) is 0 Å². The zero-order valence-electron chi connectivity index (χ0n) is 13.2. The Bertz CT molecular complexity index is 809. The molecule has 1 saturated heterocycles. The first kappa shape index (κ1) is 17.2. The summed E-state index contributed by atoms with van der Waals surface area (Å²) < 4.78 is 14.1. The predicted molar refractivity (Wildman–Crippen MR) is 99.5 cm³/mol. The fraction of sp³-hybridized carbons (Fsp3) is 0.222. The number of rotatable bonds is 3. The van der Waals surface area contributed by atoms with E-state index in [2.05, 4.69) is 26.2 Å². The van der Waals surface area contributed by atoms with Crippen molar-refractivity contribution in [3.63, 3.8) is 0 Å². The fourth-order valence-electron chi connectivity index (χ4n) is 2.56. The molecule has 2 unspecified atom stereocenters. The monoisotopic (exact) mass is 406 g/mol. The van der Waals surface area contributed by atoms with E-state index >= 15 is 0 Å². The van der Waals surface area contributed by atoms with Crippen molar-refractivity contribution in [2.24, 2.45) is 4.99 Å². The van der Waals surface area contributed by atoms with Crippen LogP contribution in [-0.2, 0) is 9.54 Å². The lowest BCUT2D eigenvalue weighted by molar-refractivity contribution is -0.121. The van der Waals surface area contributed by atoms with Crippen LogP contribution in [0.2, 0.25) is 0 Å². The van der Waals surface area contributed by atoms with Gasteiger partial charge in [0.25, 0.3) is 0 Å². The first-order chi connectivity index (χ1) is 11.4. The maximum Gasteiger partial charge on any atom is 0.246 e. The number of nitrogens with one attached hydrogen (secondary N) is 1. The van der Waals surface area contributed by atoms with Gasteiger partial charge in [-0.05, 0) is 37.6 Å². The van der Waals surface area contributed by atoms with Crippen LogP contribution in [0.3, 0.4) is 0 Å². The van der Waals surface area contributed by atoms with Gasteiger partial charge in [-0.25, -0.2) is 4.39 Å². The first-order valence-electron chi connectivity index (χ1n) is 7.49. The highest BCUT2D eigenvalue weighted by Gasteiger charge is 2.44. The molecule has 2 aromatic rings. The van der Waals surface area contributed by atoms with Gasteiger partial charge in [0.1, 0.15) is 10.6 Å². The highest BCUT2D eigenvalue weighted by Crippen LogP contribution is 2.42. The molecule has 0 saturated carbocycles. The molecule has 0 radical (unpaired) electrons. The van der Waals surface area contributed by atoms with Crippen molar-refractivity contribution in [3.05, 3.63) is 69.9 Å². The summed E-state index contributed by atoms with van der Waals surface area (Å²) in [6, 6.07) is 13.8. The molecule has 1 amide bonds. The van der Waals surface area contributed by atoms with Gasteiger partial charge in [0.2, 0.25) is 5.91 Å². The minimum Gasteiger partial charge on any atom is -0.304 e. The van der Waals surface area contributed by atoms with Crippen molar-refractivity contribution in [1.82, 2.24) is 5.32 Å². The molecule has 1 aliphatic rings. The van der Waals surface area contributed by atoms with Crippen LogP contribution in [0.1, 0.15) is 31.0 Å². The molecule has 124 valence electrons. The third-order valence-corrected chi connectivity index (χ3v) is 5.77. The van der Waals surface area contributed by atoms with Crippen LogP contribution in [0.5, 0.6) is 0 Å². The summed E-state index contributed by atoms with van der Waals surface area (Å²) in [6.07, 6.45) is 0. The van der Waals surface area contributed by atoms with Crippen LogP contribution < -0.4 is 5.32 Å². The summed E-state index contributed by atoms with van der Waals surface area (Å²) in [5.74, 6) is -0.409. The second kappa shape index (κ2) is 6.69. The lowest BCUT2D eigenvalue weighted by atomic mass is 10.00. The Morgan fingerprint density at radius 2 is 1.88 bits per heavy atom. The lowest BCUT2D eigenvalue weighted by Gasteiger charge is -2.19. The third-order valence-electron chi connectivity index (χ3n) is 4.02. The van der Waals surface area contributed by atoms with Crippen molar-refractivity contribution in [2.75, 3.05) is 0 Å². The topological polar surface area (TPSA) is 41.5 Å². The van der Waals surface area contributed by atoms with Crippen LogP contribution in [-0.4, -0.2) is 11.1 Å². The maximum absolute atomic E-state index is 13.9. The number of carbonyl (C=O) groups excluding carboxylic acids is 1. The molecule has 6 heteroatoms. The Balaban J connectivity index is 1.86. The molecule has 0 aliphatic carbocycles. The third kappa shape index (κ3) is 3.26. The van der Waals surface area contributed by atoms with E-state index in [9.17, 15) is 9.18 Å². The Hall–Kier alpha value is -1.66. The summed E-state index contributed by atoms with van der Waals surface area (Å²) >= 11 is 4.76. The van der Waals surface area contributed by atoms with Crippen molar-refractivity contribution in [1.29, 1.82) is 0 Å². The molecule has 0 bridgehead atoms. The summed E-state index contributed by atoms with van der Waals surface area (Å²) in [5.41, 5.74) is 1.41. The van der Waals surface area contributed by atoms with Gasteiger partial charge < -0.3 is 5.32 Å². The standard InChI is InChI=1S/C18H16BrFN2OS/c1-11(14-5-3-4-6-15(14)20)21-17-22-16(23)18(2,24-17)12-7-9-13(19)10-8-12/h3-11H,1-2H3,(H,21,22,23). The second-order valence-electron chi connectivity index (χ2n) is 5.73. The minimum absolute atomic E-state index is 0.116. The normalized spacial score (nSPS) is 23.3. The number of nitrogens with zero attached hydrogens (tertiary/aromatic N) is 1. The van der Waals surface area contributed by atoms with E-state index in [1.54, 1.807) is 18.2 Å². The molecule has 0 spiro atoms. The largest absolute Gasteiger partial charge is 0.304 e. The maximum atomic E-state index is 13.9. The van der Waals surface area contributed by atoms with Gasteiger partial charge in [0.05, 0.1) is 6.04 Å². The van der Waals surface area contributed by atoms with Gasteiger partial charge >= 0.3 is 0 Å². The molecule has 1 heterocycles. The highest BCUT2D eigenvalue weighted by molar-refractivity contribution is 9.10. The molecule has 1 fully saturated rings. The van der Waals surface area contributed by atoms with Crippen LogP contribution in [0.25, 0.3) is 0 Å². The number of thioether (sulfide) groups is 1. The Morgan fingerprint density at radius 3 is 2.54 bits per heavy atom. The smallest absolute Gasteiger partial charge is 0.246 e. The van der Waals surface area contributed by atoms with Crippen molar-refractivity contribution in [3.8, 4) is 0 Å². The average molecular weight is 407 g/mol. The fourth-order valence-corrected chi connectivity index (χ4v) is 3.96. The van der Waals surface area contributed by atoms with Crippen LogP contribution in [0.4, 0.5) is 4.39 Å². The summed E-state index contributed by atoms with van der Waals surface area (Å²) in [5, 5.41) is 3.33. The van der Waals surface area contributed by atoms with E-state index in [1.807, 2.05) is 38.1 Å². The Morgan fingerprint density at radius 1 is 1.21 bits per heavy atom. The highest BCUT2D eigenvalue weighted by atomic mass is 79.9. The van der Waals surface area contributed by atoms with Crippen molar-refractivity contribution >= 4 is 38.8 Å². The number of amides is 1. The van der Waals surface area contributed by atoms with E-state index in [-0.39, 0.29) is 17.8 Å². The van der Waals surface area contributed by atoms with Crippen molar-refractivity contribution in [2.45, 2.75) is 24.6 Å². The molecule has 24 heavy (non-hydrogen) atoms. The van der Waals surface area contributed by atoms with Crippen LogP contribution in [0.15, 0.2) is 58.0 Å². The van der Waals surface area contributed by atoms with Gasteiger partial charge in [-0.2, -0.15) is 0 Å². The Kier molecular flexibility index (Phi) is 4.78. The number of halogens is 2. The number of benzene rings is 2. The molecule has 0 aromatic heterocycles. The predicted octanol–water partition coefficient (Wildman–Crippen LogP) is 4.78. The van der Waals surface area contributed by atoms with Gasteiger partial charge in [0, 0.05) is 10.0 Å². The number of hydrogen-bond acceptors (Lipinski definition) is 3. The van der Waals surface area contributed by atoms with E-state index in [4.69, 9.17) is 0 Å². The molecule has 2 aromatic carbocycles. The summed E-state index contributed by atoms with van der Waals surface area (Å²) in [6.45, 7) is 3.68. The van der Waals surface area contributed by atoms with Crippen LogP contribution in [0, 0.1) is 5.82 Å². The first-order valence-corrected chi connectivity index (χ1v) is 9.10. The molecule has 2 atom stereocenters. The quantitative estimate of drug-likeness (QED) is 0.796. The number of hydrogen-bond donors (Lipinski definition) is 1. The number of amidine groups is 1. The molecule has 1 aliphatic heterocycles. The van der Waals surface area contributed by atoms with E-state index in [0.717, 1.165) is 10.0 Å². The molecule has 3 rings (SSSR count). The van der Waals surface area contributed by atoms with Gasteiger partial charge in [0.15, 0.2) is 5.17 Å². The van der Waals surface area contributed by atoms with Gasteiger partial charge in [-0.3, -0.25) is 9.79 Å². The lowest BCUT2D eigenvalue weighted by Crippen LogP contribution is -2.31. The van der Waals surface area contributed by atoms with E-state index in [1.165, 1.54) is 17.8 Å². The second-order valence-corrected chi connectivity index (χ2v) is 8.05. The molecular formula is C18H16BrFN2OS. The van der Waals surface area contributed by atoms with E-state index < -0.39 is 4.75 Å². The zero-order chi connectivity index (χ0) is 17.3. The van der Waals surface area contributed by atoms with E-state index in [0.29, 0.717) is 10.7 Å². The van der Waals surface area contributed by atoms with Gasteiger partial charge in [-0.1, -0.05) is 58.0 Å². The number of carbonyl (C=O) groups is 1. The molecular weight excluding hydrogens is 391 g/mol. The SMILES string of the molecule is CC(N=C1NC(=O)C(C)(c2ccc(Br)cc2)S1)c1ccccc1F. The van der Waals surface area contributed by atoms with Crippen LogP contribution >= 0.6 is 27.7 Å². The average Bonchev–Trinajstić information content (AvgIpc) is 2.83. The molecule has 1 N–H and O–H groups in total.